The maximum atomic E-state index is 11.9. The van der Waals surface area contributed by atoms with Gasteiger partial charge in [0.1, 0.15) is 5.75 Å². The van der Waals surface area contributed by atoms with Crippen molar-refractivity contribution in [3.05, 3.63) is 59.7 Å². The largest absolute Gasteiger partial charge is 0.508 e. The van der Waals surface area contributed by atoms with Crippen LogP contribution in [0.25, 0.3) is 0 Å². The van der Waals surface area contributed by atoms with E-state index in [1.165, 1.54) is 0 Å². The summed E-state index contributed by atoms with van der Waals surface area (Å²) in [6.07, 6.45) is 0.288. The van der Waals surface area contributed by atoms with Crippen LogP contribution in [-0.4, -0.2) is 18.1 Å². The molecule has 2 aromatic carbocycles. The molecule has 2 rings (SSSR count). The molecule has 0 spiro atoms. The summed E-state index contributed by atoms with van der Waals surface area (Å²) >= 11 is 0. The van der Waals surface area contributed by atoms with Crippen molar-refractivity contribution in [2.75, 3.05) is 12.4 Å². The second kappa shape index (κ2) is 6.73. The van der Waals surface area contributed by atoms with Crippen LogP contribution in [0.5, 0.6) is 5.75 Å². The van der Waals surface area contributed by atoms with E-state index in [9.17, 15) is 9.90 Å². The van der Waals surface area contributed by atoms with Crippen molar-refractivity contribution in [1.29, 1.82) is 0 Å². The zero-order valence-corrected chi connectivity index (χ0v) is 11.4. The van der Waals surface area contributed by atoms with E-state index in [2.05, 4.69) is 10.6 Å². The molecule has 0 aliphatic rings. The van der Waals surface area contributed by atoms with Crippen LogP contribution in [0.15, 0.2) is 48.5 Å². The number of benzene rings is 2. The summed E-state index contributed by atoms with van der Waals surface area (Å²) in [5.41, 5.74) is 2.78. The standard InChI is InChI=1S/C16H18N2O2/c1-17-11-13-3-2-4-14(9-13)18-16(20)10-12-5-7-15(19)8-6-12/h2-9,17,19H,10-11H2,1H3,(H,18,20). The minimum Gasteiger partial charge on any atom is -0.508 e. The van der Waals surface area contributed by atoms with E-state index in [0.717, 1.165) is 23.4 Å². The first-order valence-electron chi connectivity index (χ1n) is 6.48. The zero-order chi connectivity index (χ0) is 14.4. The van der Waals surface area contributed by atoms with Crippen molar-refractivity contribution in [3.63, 3.8) is 0 Å². The summed E-state index contributed by atoms with van der Waals surface area (Å²) in [7, 11) is 1.88. The lowest BCUT2D eigenvalue weighted by Gasteiger charge is -2.07. The number of nitrogens with one attached hydrogen (secondary N) is 2. The molecule has 3 N–H and O–H groups in total. The van der Waals surface area contributed by atoms with Gasteiger partial charge in [0.25, 0.3) is 0 Å². The summed E-state index contributed by atoms with van der Waals surface area (Å²) in [5.74, 6) is 0.131. The first-order chi connectivity index (χ1) is 9.67. The van der Waals surface area contributed by atoms with Crippen molar-refractivity contribution in [1.82, 2.24) is 5.32 Å². The highest BCUT2D eigenvalue weighted by Gasteiger charge is 2.04. The van der Waals surface area contributed by atoms with Gasteiger partial charge in [-0.2, -0.15) is 0 Å². The molecule has 4 nitrogen and oxygen atoms in total. The van der Waals surface area contributed by atoms with Crippen LogP contribution in [0.4, 0.5) is 5.69 Å². The maximum absolute atomic E-state index is 11.9. The molecule has 1 amide bonds. The van der Waals surface area contributed by atoms with E-state index in [1.54, 1.807) is 24.3 Å². The first kappa shape index (κ1) is 14.1. The lowest BCUT2D eigenvalue weighted by molar-refractivity contribution is -0.115. The number of rotatable bonds is 5. The van der Waals surface area contributed by atoms with Gasteiger partial charge in [0.2, 0.25) is 5.91 Å². The van der Waals surface area contributed by atoms with Gasteiger partial charge in [0.05, 0.1) is 6.42 Å². The molecule has 0 unspecified atom stereocenters. The van der Waals surface area contributed by atoms with Crippen molar-refractivity contribution >= 4 is 11.6 Å². The van der Waals surface area contributed by atoms with Crippen molar-refractivity contribution in [2.24, 2.45) is 0 Å². The summed E-state index contributed by atoms with van der Waals surface area (Å²) < 4.78 is 0. The topological polar surface area (TPSA) is 61.4 Å². The Kier molecular flexibility index (Phi) is 4.74. The molecule has 104 valence electrons. The summed E-state index contributed by atoms with van der Waals surface area (Å²) in [4.78, 5) is 11.9. The Labute approximate surface area is 118 Å². The van der Waals surface area contributed by atoms with Gasteiger partial charge in [-0.25, -0.2) is 0 Å². The van der Waals surface area contributed by atoms with Crippen molar-refractivity contribution in [2.45, 2.75) is 13.0 Å². The average molecular weight is 270 g/mol. The van der Waals surface area contributed by atoms with E-state index < -0.39 is 0 Å². The van der Waals surface area contributed by atoms with Gasteiger partial charge in [-0.1, -0.05) is 24.3 Å². The summed E-state index contributed by atoms with van der Waals surface area (Å²) in [6.45, 7) is 0.766. The van der Waals surface area contributed by atoms with E-state index in [0.29, 0.717) is 0 Å². The molecule has 2 aromatic rings. The molecule has 0 atom stereocenters. The van der Waals surface area contributed by atoms with Crippen LogP contribution < -0.4 is 10.6 Å². The molecule has 0 radical (unpaired) electrons. The fourth-order valence-corrected chi connectivity index (χ4v) is 1.97. The molecule has 0 saturated carbocycles. The third-order valence-corrected chi connectivity index (χ3v) is 2.89. The molecule has 0 saturated heterocycles. The smallest absolute Gasteiger partial charge is 0.228 e. The maximum Gasteiger partial charge on any atom is 0.228 e. The highest BCUT2D eigenvalue weighted by atomic mass is 16.3. The van der Waals surface area contributed by atoms with Gasteiger partial charge in [-0.3, -0.25) is 4.79 Å². The Bertz CT molecular complexity index is 579. The van der Waals surface area contributed by atoms with Crippen LogP contribution in [-0.2, 0) is 17.8 Å². The predicted molar refractivity (Wildman–Crippen MR) is 79.6 cm³/mol. The van der Waals surface area contributed by atoms with Crippen LogP contribution in [0, 0.1) is 0 Å². The molecule has 20 heavy (non-hydrogen) atoms. The van der Waals surface area contributed by atoms with Gasteiger partial charge < -0.3 is 15.7 Å². The number of hydrogen-bond donors (Lipinski definition) is 3. The second-order valence-electron chi connectivity index (χ2n) is 4.62. The quantitative estimate of drug-likeness (QED) is 0.781. The molecule has 0 aliphatic carbocycles. The molecular weight excluding hydrogens is 252 g/mol. The summed E-state index contributed by atoms with van der Waals surface area (Å²) in [6, 6.07) is 14.4. The van der Waals surface area contributed by atoms with Gasteiger partial charge >= 0.3 is 0 Å². The van der Waals surface area contributed by atoms with Crippen LogP contribution in [0.3, 0.4) is 0 Å². The minimum absolute atomic E-state index is 0.0719. The zero-order valence-electron chi connectivity index (χ0n) is 11.4. The van der Waals surface area contributed by atoms with Crippen molar-refractivity contribution in [3.8, 4) is 5.75 Å². The van der Waals surface area contributed by atoms with Gasteiger partial charge in [0.15, 0.2) is 0 Å². The van der Waals surface area contributed by atoms with Crippen LogP contribution >= 0.6 is 0 Å². The molecule has 0 aliphatic heterocycles. The normalized spacial score (nSPS) is 10.2. The average Bonchev–Trinajstić information content (AvgIpc) is 2.42. The van der Waals surface area contributed by atoms with Crippen LogP contribution in [0.1, 0.15) is 11.1 Å². The lowest BCUT2D eigenvalue weighted by atomic mass is 10.1. The third kappa shape index (κ3) is 4.10. The number of phenols is 1. The summed E-state index contributed by atoms with van der Waals surface area (Å²) in [5, 5.41) is 15.1. The van der Waals surface area contributed by atoms with Gasteiger partial charge in [0, 0.05) is 12.2 Å². The van der Waals surface area contributed by atoms with Crippen molar-refractivity contribution < 1.29 is 9.90 Å². The Morgan fingerprint density at radius 1 is 1.10 bits per heavy atom. The third-order valence-electron chi connectivity index (χ3n) is 2.89. The van der Waals surface area contributed by atoms with E-state index >= 15 is 0 Å². The number of carbonyl (C=O) groups excluding carboxylic acids is 1. The fraction of sp³-hybridized carbons (Fsp3) is 0.188. The molecule has 0 aromatic heterocycles. The fourth-order valence-electron chi connectivity index (χ4n) is 1.97. The van der Waals surface area contributed by atoms with Gasteiger partial charge in [-0.05, 0) is 42.4 Å². The Morgan fingerprint density at radius 3 is 2.55 bits per heavy atom. The molecule has 0 fully saturated rings. The highest BCUT2D eigenvalue weighted by molar-refractivity contribution is 5.92. The number of amides is 1. The minimum atomic E-state index is -0.0719. The number of hydrogen-bond acceptors (Lipinski definition) is 3. The Morgan fingerprint density at radius 2 is 1.85 bits per heavy atom. The van der Waals surface area contributed by atoms with E-state index in [4.69, 9.17) is 0 Å². The highest BCUT2D eigenvalue weighted by Crippen LogP contribution is 2.13. The monoisotopic (exact) mass is 270 g/mol. The second-order valence-corrected chi connectivity index (χ2v) is 4.62. The Balaban J connectivity index is 1.97. The molecule has 0 heterocycles. The van der Waals surface area contributed by atoms with Gasteiger partial charge in [-0.15, -0.1) is 0 Å². The Hall–Kier alpha value is -2.33. The lowest BCUT2D eigenvalue weighted by Crippen LogP contribution is -2.14. The molecule has 4 heteroatoms. The molecule has 0 bridgehead atoms. The van der Waals surface area contributed by atoms with E-state index in [1.807, 2.05) is 31.3 Å². The number of carbonyl (C=O) groups is 1. The molecular formula is C16H18N2O2. The number of phenolic OH excluding ortho intramolecular Hbond substituents is 1. The SMILES string of the molecule is CNCc1cccc(NC(=O)Cc2ccc(O)cc2)c1. The first-order valence-corrected chi connectivity index (χ1v) is 6.48. The predicted octanol–water partition coefficient (Wildman–Crippen LogP) is 2.29. The van der Waals surface area contributed by atoms with Crippen LogP contribution in [0.2, 0.25) is 0 Å². The number of aromatic hydroxyl groups is 1. The van der Waals surface area contributed by atoms with E-state index in [-0.39, 0.29) is 18.1 Å². The number of anilines is 1.